The van der Waals surface area contributed by atoms with Gasteiger partial charge in [0.2, 0.25) is 11.8 Å². The second-order valence-electron chi connectivity index (χ2n) is 5.44. The molecule has 22 heavy (non-hydrogen) atoms. The third kappa shape index (κ3) is 3.00. The highest BCUT2D eigenvalue weighted by Gasteiger charge is 2.29. The molecule has 0 spiro atoms. The Labute approximate surface area is 128 Å². The van der Waals surface area contributed by atoms with Gasteiger partial charge in [-0.2, -0.15) is 5.10 Å². The number of nitrogens with zero attached hydrogens (tertiary/aromatic N) is 3. The third-order valence-corrected chi connectivity index (χ3v) is 3.89. The molecule has 1 aromatic heterocycles. The normalized spacial score (nSPS) is 17.5. The van der Waals surface area contributed by atoms with Crippen molar-refractivity contribution in [2.24, 2.45) is 5.92 Å². The molecule has 0 bridgehead atoms. The molecule has 114 valence electrons. The van der Waals surface area contributed by atoms with Crippen LogP contribution in [0.3, 0.4) is 0 Å². The van der Waals surface area contributed by atoms with E-state index in [9.17, 15) is 9.59 Å². The van der Waals surface area contributed by atoms with E-state index in [4.69, 9.17) is 0 Å². The van der Waals surface area contributed by atoms with Crippen LogP contribution in [0.1, 0.15) is 13.3 Å². The van der Waals surface area contributed by atoms with Crippen LogP contribution < -0.4 is 5.32 Å². The van der Waals surface area contributed by atoms with Crippen LogP contribution in [0.2, 0.25) is 0 Å². The second-order valence-corrected chi connectivity index (χ2v) is 5.44. The molecule has 1 N–H and O–H groups in total. The molecule has 1 saturated heterocycles. The summed E-state index contributed by atoms with van der Waals surface area (Å²) in [4.78, 5) is 25.4. The maximum absolute atomic E-state index is 12.3. The van der Waals surface area contributed by atoms with Crippen LogP contribution in [-0.4, -0.2) is 39.6 Å². The Kier molecular flexibility index (Phi) is 3.91. The standard InChI is InChI=1S/C16H18N4O2/c1-12(21)19-9-6-13(11-19)16(22)18-14-4-2-5-15(10-14)20-8-3-7-17-20/h2-5,7-8,10,13H,6,9,11H2,1H3,(H,18,22). The van der Waals surface area contributed by atoms with Gasteiger partial charge in [0.25, 0.3) is 0 Å². The third-order valence-electron chi connectivity index (χ3n) is 3.89. The quantitative estimate of drug-likeness (QED) is 0.937. The zero-order chi connectivity index (χ0) is 15.5. The summed E-state index contributed by atoms with van der Waals surface area (Å²) in [6, 6.07) is 9.38. The van der Waals surface area contributed by atoms with Crippen molar-refractivity contribution >= 4 is 17.5 Å². The number of likely N-dealkylation sites (tertiary alicyclic amines) is 1. The van der Waals surface area contributed by atoms with E-state index in [1.165, 1.54) is 6.92 Å². The predicted octanol–water partition coefficient (Wildman–Crippen LogP) is 1.68. The van der Waals surface area contributed by atoms with Gasteiger partial charge in [-0.15, -0.1) is 0 Å². The van der Waals surface area contributed by atoms with Crippen molar-refractivity contribution in [1.82, 2.24) is 14.7 Å². The number of anilines is 1. The molecule has 1 aliphatic rings. The van der Waals surface area contributed by atoms with E-state index < -0.39 is 0 Å². The van der Waals surface area contributed by atoms with Crippen LogP contribution in [0, 0.1) is 5.92 Å². The van der Waals surface area contributed by atoms with Crippen LogP contribution >= 0.6 is 0 Å². The summed E-state index contributed by atoms with van der Waals surface area (Å²) in [6.07, 6.45) is 4.27. The molecule has 2 aromatic rings. The van der Waals surface area contributed by atoms with Crippen molar-refractivity contribution in [3.8, 4) is 5.69 Å². The molecular weight excluding hydrogens is 280 g/mol. The number of hydrogen-bond donors (Lipinski definition) is 1. The topological polar surface area (TPSA) is 67.2 Å². The fraction of sp³-hybridized carbons (Fsp3) is 0.312. The second kappa shape index (κ2) is 6.01. The van der Waals surface area contributed by atoms with Crippen molar-refractivity contribution < 1.29 is 9.59 Å². The average Bonchev–Trinajstić information content (AvgIpc) is 3.19. The van der Waals surface area contributed by atoms with Crippen molar-refractivity contribution in [3.05, 3.63) is 42.7 Å². The van der Waals surface area contributed by atoms with Crippen molar-refractivity contribution in [3.63, 3.8) is 0 Å². The SMILES string of the molecule is CC(=O)N1CCC(C(=O)Nc2cccc(-n3cccn3)c2)C1. The van der Waals surface area contributed by atoms with E-state index in [1.807, 2.05) is 36.5 Å². The summed E-state index contributed by atoms with van der Waals surface area (Å²) in [5.74, 6) is -0.158. The van der Waals surface area contributed by atoms with Gasteiger partial charge in [0.05, 0.1) is 11.6 Å². The van der Waals surface area contributed by atoms with Gasteiger partial charge in [-0.25, -0.2) is 4.68 Å². The zero-order valence-corrected chi connectivity index (χ0v) is 12.4. The molecular formula is C16H18N4O2. The van der Waals surface area contributed by atoms with E-state index in [-0.39, 0.29) is 17.7 Å². The maximum Gasteiger partial charge on any atom is 0.229 e. The number of rotatable bonds is 3. The Morgan fingerprint density at radius 2 is 2.18 bits per heavy atom. The van der Waals surface area contributed by atoms with Crippen LogP contribution in [-0.2, 0) is 9.59 Å². The first-order valence-electron chi connectivity index (χ1n) is 7.30. The summed E-state index contributed by atoms with van der Waals surface area (Å²) in [6.45, 7) is 2.69. The zero-order valence-electron chi connectivity index (χ0n) is 12.4. The van der Waals surface area contributed by atoms with Crippen molar-refractivity contribution in [1.29, 1.82) is 0 Å². The van der Waals surface area contributed by atoms with Gasteiger partial charge in [-0.3, -0.25) is 9.59 Å². The lowest BCUT2D eigenvalue weighted by Gasteiger charge is -2.14. The van der Waals surface area contributed by atoms with Crippen LogP contribution in [0.15, 0.2) is 42.7 Å². The molecule has 2 amide bonds. The van der Waals surface area contributed by atoms with Crippen LogP contribution in [0.4, 0.5) is 5.69 Å². The first-order chi connectivity index (χ1) is 10.6. The number of carbonyl (C=O) groups is 2. The molecule has 1 unspecified atom stereocenters. The lowest BCUT2D eigenvalue weighted by molar-refractivity contribution is -0.128. The minimum Gasteiger partial charge on any atom is -0.342 e. The van der Waals surface area contributed by atoms with Gasteiger partial charge in [-0.05, 0) is 30.7 Å². The molecule has 1 atom stereocenters. The molecule has 0 saturated carbocycles. The highest BCUT2D eigenvalue weighted by atomic mass is 16.2. The summed E-state index contributed by atoms with van der Waals surface area (Å²) in [7, 11) is 0. The highest BCUT2D eigenvalue weighted by Crippen LogP contribution is 2.20. The van der Waals surface area contributed by atoms with E-state index in [1.54, 1.807) is 15.8 Å². The summed E-state index contributed by atoms with van der Waals surface area (Å²) >= 11 is 0. The summed E-state index contributed by atoms with van der Waals surface area (Å²) < 4.78 is 1.74. The van der Waals surface area contributed by atoms with E-state index in [2.05, 4.69) is 10.4 Å². The number of carbonyl (C=O) groups excluding carboxylic acids is 2. The molecule has 6 heteroatoms. The maximum atomic E-state index is 12.3. The monoisotopic (exact) mass is 298 g/mol. The molecule has 2 heterocycles. The minimum atomic E-state index is -0.141. The highest BCUT2D eigenvalue weighted by molar-refractivity contribution is 5.93. The van der Waals surface area contributed by atoms with Gasteiger partial charge in [0, 0.05) is 38.1 Å². The smallest absolute Gasteiger partial charge is 0.229 e. The molecule has 6 nitrogen and oxygen atoms in total. The van der Waals surface area contributed by atoms with Gasteiger partial charge in [0.1, 0.15) is 0 Å². The summed E-state index contributed by atoms with van der Waals surface area (Å²) in [5, 5.41) is 7.10. The largest absolute Gasteiger partial charge is 0.342 e. The number of benzene rings is 1. The average molecular weight is 298 g/mol. The molecule has 0 aliphatic carbocycles. The molecule has 1 aliphatic heterocycles. The minimum absolute atomic E-state index is 0.0241. The fourth-order valence-corrected chi connectivity index (χ4v) is 2.65. The molecule has 1 fully saturated rings. The Bertz CT molecular complexity index is 681. The Morgan fingerprint density at radius 3 is 2.86 bits per heavy atom. The van der Waals surface area contributed by atoms with Gasteiger partial charge >= 0.3 is 0 Å². The summed E-state index contributed by atoms with van der Waals surface area (Å²) in [5.41, 5.74) is 1.62. The lowest BCUT2D eigenvalue weighted by Crippen LogP contribution is -2.29. The number of nitrogens with one attached hydrogen (secondary N) is 1. The van der Waals surface area contributed by atoms with Gasteiger partial charge < -0.3 is 10.2 Å². The Morgan fingerprint density at radius 1 is 1.32 bits per heavy atom. The van der Waals surface area contributed by atoms with E-state index in [0.717, 1.165) is 11.4 Å². The van der Waals surface area contributed by atoms with Crippen LogP contribution in [0.25, 0.3) is 5.69 Å². The van der Waals surface area contributed by atoms with Crippen molar-refractivity contribution in [2.75, 3.05) is 18.4 Å². The number of hydrogen-bond acceptors (Lipinski definition) is 3. The van der Waals surface area contributed by atoms with Crippen molar-refractivity contribution in [2.45, 2.75) is 13.3 Å². The van der Waals surface area contributed by atoms with Gasteiger partial charge in [0.15, 0.2) is 0 Å². The first kappa shape index (κ1) is 14.3. The first-order valence-corrected chi connectivity index (χ1v) is 7.30. The fourth-order valence-electron chi connectivity index (χ4n) is 2.65. The predicted molar refractivity (Wildman–Crippen MR) is 82.6 cm³/mol. The Hall–Kier alpha value is -2.63. The molecule has 1 aromatic carbocycles. The van der Waals surface area contributed by atoms with Gasteiger partial charge in [-0.1, -0.05) is 6.07 Å². The number of amides is 2. The van der Waals surface area contributed by atoms with E-state index in [0.29, 0.717) is 19.5 Å². The Balaban J connectivity index is 1.67. The lowest BCUT2D eigenvalue weighted by atomic mass is 10.1. The molecule has 3 rings (SSSR count). The molecule has 0 radical (unpaired) electrons. The van der Waals surface area contributed by atoms with Crippen LogP contribution in [0.5, 0.6) is 0 Å². The number of aromatic nitrogens is 2. The van der Waals surface area contributed by atoms with E-state index >= 15 is 0 Å².